The zero-order chi connectivity index (χ0) is 16.3. The highest BCUT2D eigenvalue weighted by Crippen LogP contribution is 2.08. The first-order chi connectivity index (χ1) is 10.4. The SMILES string of the molecule is CNc1ncc(CN(C)C(=O)c2cc(C)c(C)[nH]c2=O)cn1. The van der Waals surface area contributed by atoms with Gasteiger partial charge in [0.2, 0.25) is 5.95 Å². The Kier molecular flexibility index (Phi) is 4.55. The standard InChI is InChI=1S/C15H19N5O2/c1-9-5-12(13(21)19-10(9)2)14(22)20(4)8-11-6-17-15(16-3)18-7-11/h5-7H,8H2,1-4H3,(H,19,21)(H,16,17,18). The Bertz CT molecular complexity index is 737. The molecule has 2 rings (SSSR count). The zero-order valence-corrected chi connectivity index (χ0v) is 13.1. The van der Waals surface area contributed by atoms with Gasteiger partial charge in [0.25, 0.3) is 11.5 Å². The van der Waals surface area contributed by atoms with Crippen LogP contribution in [0.3, 0.4) is 0 Å². The van der Waals surface area contributed by atoms with Crippen molar-refractivity contribution < 1.29 is 4.79 Å². The molecule has 2 heterocycles. The highest BCUT2D eigenvalue weighted by atomic mass is 16.2. The van der Waals surface area contributed by atoms with E-state index in [2.05, 4.69) is 20.3 Å². The first-order valence-electron chi connectivity index (χ1n) is 6.87. The summed E-state index contributed by atoms with van der Waals surface area (Å²) in [6.45, 7) is 3.98. The minimum absolute atomic E-state index is 0.137. The van der Waals surface area contributed by atoms with E-state index in [0.717, 1.165) is 16.8 Å². The molecule has 0 fully saturated rings. The van der Waals surface area contributed by atoms with Gasteiger partial charge < -0.3 is 15.2 Å². The molecule has 0 radical (unpaired) electrons. The summed E-state index contributed by atoms with van der Waals surface area (Å²) in [5.74, 6) is 0.186. The number of pyridine rings is 1. The predicted octanol–water partition coefficient (Wildman–Crippen LogP) is 1.10. The molecule has 0 aliphatic carbocycles. The van der Waals surface area contributed by atoms with Gasteiger partial charge in [-0.15, -0.1) is 0 Å². The number of aryl methyl sites for hydroxylation is 2. The smallest absolute Gasteiger partial charge is 0.261 e. The van der Waals surface area contributed by atoms with E-state index in [1.807, 2.05) is 6.92 Å². The summed E-state index contributed by atoms with van der Waals surface area (Å²) in [7, 11) is 3.37. The van der Waals surface area contributed by atoms with E-state index in [1.165, 1.54) is 4.90 Å². The topological polar surface area (TPSA) is 91.0 Å². The average Bonchev–Trinajstić information content (AvgIpc) is 2.51. The number of amides is 1. The van der Waals surface area contributed by atoms with Crippen molar-refractivity contribution in [2.45, 2.75) is 20.4 Å². The molecule has 0 aliphatic heterocycles. The fraction of sp³-hybridized carbons (Fsp3) is 0.333. The number of H-pyrrole nitrogens is 1. The number of nitrogens with one attached hydrogen (secondary N) is 2. The molecule has 2 N–H and O–H groups in total. The van der Waals surface area contributed by atoms with Crippen LogP contribution in [0.2, 0.25) is 0 Å². The molecular formula is C15H19N5O2. The third kappa shape index (κ3) is 3.30. The largest absolute Gasteiger partial charge is 0.357 e. The first kappa shape index (κ1) is 15.7. The van der Waals surface area contributed by atoms with Crippen molar-refractivity contribution in [2.24, 2.45) is 0 Å². The van der Waals surface area contributed by atoms with Gasteiger partial charge in [0.15, 0.2) is 0 Å². The van der Waals surface area contributed by atoms with E-state index in [-0.39, 0.29) is 17.0 Å². The van der Waals surface area contributed by atoms with Gasteiger partial charge in [0, 0.05) is 44.3 Å². The van der Waals surface area contributed by atoms with Crippen molar-refractivity contribution in [3.63, 3.8) is 0 Å². The summed E-state index contributed by atoms with van der Waals surface area (Å²) in [6.07, 6.45) is 3.29. The Morgan fingerprint density at radius 1 is 1.32 bits per heavy atom. The molecule has 0 spiro atoms. The van der Waals surface area contributed by atoms with Crippen LogP contribution in [0.4, 0.5) is 5.95 Å². The summed E-state index contributed by atoms with van der Waals surface area (Å²) >= 11 is 0. The molecule has 0 bridgehead atoms. The van der Waals surface area contributed by atoms with Crippen molar-refractivity contribution in [3.05, 3.63) is 51.2 Å². The van der Waals surface area contributed by atoms with Crippen LogP contribution in [0.1, 0.15) is 27.2 Å². The van der Waals surface area contributed by atoms with Gasteiger partial charge >= 0.3 is 0 Å². The quantitative estimate of drug-likeness (QED) is 0.882. The number of nitrogens with zero attached hydrogens (tertiary/aromatic N) is 3. The first-order valence-corrected chi connectivity index (χ1v) is 6.87. The summed E-state index contributed by atoms with van der Waals surface area (Å²) in [5, 5.41) is 2.83. The maximum atomic E-state index is 12.4. The summed E-state index contributed by atoms with van der Waals surface area (Å²) < 4.78 is 0. The summed E-state index contributed by atoms with van der Waals surface area (Å²) in [6, 6.07) is 1.62. The van der Waals surface area contributed by atoms with E-state index in [9.17, 15) is 9.59 Å². The van der Waals surface area contributed by atoms with Gasteiger partial charge in [-0.25, -0.2) is 9.97 Å². The highest BCUT2D eigenvalue weighted by molar-refractivity contribution is 5.93. The summed E-state index contributed by atoms with van der Waals surface area (Å²) in [5.41, 5.74) is 2.19. The molecule has 0 saturated heterocycles. The molecule has 0 aromatic carbocycles. The lowest BCUT2D eigenvalue weighted by molar-refractivity contribution is 0.0783. The van der Waals surface area contributed by atoms with Crippen molar-refractivity contribution >= 4 is 11.9 Å². The normalized spacial score (nSPS) is 10.4. The summed E-state index contributed by atoms with van der Waals surface area (Å²) in [4.78, 5) is 36.7. The number of carbonyl (C=O) groups excluding carboxylic acids is 1. The Balaban J connectivity index is 2.18. The van der Waals surface area contributed by atoms with E-state index < -0.39 is 0 Å². The number of anilines is 1. The molecular weight excluding hydrogens is 282 g/mol. The lowest BCUT2D eigenvalue weighted by Gasteiger charge is -2.17. The Morgan fingerprint density at radius 2 is 1.95 bits per heavy atom. The molecule has 7 heteroatoms. The molecule has 1 amide bonds. The molecule has 116 valence electrons. The van der Waals surface area contributed by atoms with Crippen molar-refractivity contribution in [2.75, 3.05) is 19.4 Å². The zero-order valence-electron chi connectivity index (χ0n) is 13.1. The highest BCUT2D eigenvalue weighted by Gasteiger charge is 2.17. The molecule has 0 saturated carbocycles. The van der Waals surface area contributed by atoms with E-state index in [1.54, 1.807) is 39.5 Å². The van der Waals surface area contributed by atoms with Crippen molar-refractivity contribution in [1.82, 2.24) is 19.9 Å². The van der Waals surface area contributed by atoms with Crippen LogP contribution < -0.4 is 10.9 Å². The van der Waals surface area contributed by atoms with E-state index in [4.69, 9.17) is 0 Å². The second kappa shape index (κ2) is 6.38. The number of hydrogen-bond acceptors (Lipinski definition) is 5. The lowest BCUT2D eigenvalue weighted by Crippen LogP contribution is -2.31. The Labute approximate surface area is 128 Å². The number of hydrogen-bond donors (Lipinski definition) is 2. The van der Waals surface area contributed by atoms with Crippen LogP contribution in [0, 0.1) is 13.8 Å². The van der Waals surface area contributed by atoms with Crippen molar-refractivity contribution in [1.29, 1.82) is 0 Å². The van der Waals surface area contributed by atoms with Gasteiger partial charge in [0.1, 0.15) is 5.56 Å². The van der Waals surface area contributed by atoms with Crippen LogP contribution in [-0.4, -0.2) is 39.9 Å². The third-order valence-electron chi connectivity index (χ3n) is 3.42. The van der Waals surface area contributed by atoms with Crippen LogP contribution >= 0.6 is 0 Å². The maximum absolute atomic E-state index is 12.4. The van der Waals surface area contributed by atoms with Gasteiger partial charge in [-0.1, -0.05) is 0 Å². The number of carbonyl (C=O) groups is 1. The van der Waals surface area contributed by atoms with Gasteiger partial charge in [0.05, 0.1) is 0 Å². The molecule has 7 nitrogen and oxygen atoms in total. The van der Waals surface area contributed by atoms with Crippen molar-refractivity contribution in [3.8, 4) is 0 Å². The molecule has 0 aliphatic rings. The van der Waals surface area contributed by atoms with Crippen LogP contribution in [0.15, 0.2) is 23.3 Å². The maximum Gasteiger partial charge on any atom is 0.261 e. The van der Waals surface area contributed by atoms with E-state index in [0.29, 0.717) is 12.5 Å². The second-order valence-corrected chi connectivity index (χ2v) is 5.15. The molecule has 2 aromatic heterocycles. The monoisotopic (exact) mass is 301 g/mol. The molecule has 2 aromatic rings. The van der Waals surface area contributed by atoms with Gasteiger partial charge in [-0.05, 0) is 25.5 Å². The van der Waals surface area contributed by atoms with Gasteiger partial charge in [-0.2, -0.15) is 0 Å². The fourth-order valence-corrected chi connectivity index (χ4v) is 2.00. The molecule has 22 heavy (non-hydrogen) atoms. The van der Waals surface area contributed by atoms with Crippen LogP contribution in [0.5, 0.6) is 0 Å². The third-order valence-corrected chi connectivity index (χ3v) is 3.42. The Morgan fingerprint density at radius 3 is 2.55 bits per heavy atom. The van der Waals surface area contributed by atoms with Crippen LogP contribution in [0.25, 0.3) is 0 Å². The minimum Gasteiger partial charge on any atom is -0.357 e. The minimum atomic E-state index is -0.373. The van der Waals surface area contributed by atoms with Gasteiger partial charge in [-0.3, -0.25) is 9.59 Å². The number of aromatic amines is 1. The predicted molar refractivity (Wildman–Crippen MR) is 83.9 cm³/mol. The second-order valence-electron chi connectivity index (χ2n) is 5.15. The van der Waals surface area contributed by atoms with Crippen LogP contribution in [-0.2, 0) is 6.54 Å². The lowest BCUT2D eigenvalue weighted by atomic mass is 10.1. The van der Waals surface area contributed by atoms with E-state index >= 15 is 0 Å². The average molecular weight is 301 g/mol. The number of aromatic nitrogens is 3. The molecule has 0 unspecified atom stereocenters. The number of rotatable bonds is 4. The Hall–Kier alpha value is -2.70. The fourth-order valence-electron chi connectivity index (χ4n) is 2.00. The molecule has 0 atom stereocenters.